The highest BCUT2D eigenvalue weighted by atomic mass is 79.9. The van der Waals surface area contributed by atoms with Crippen molar-refractivity contribution in [2.75, 3.05) is 5.32 Å². The molecule has 2 heterocycles. The van der Waals surface area contributed by atoms with Crippen LogP contribution in [0.3, 0.4) is 0 Å². The topological polar surface area (TPSA) is 38.3 Å². The summed E-state index contributed by atoms with van der Waals surface area (Å²) in [6, 6.07) is 19.7. The van der Waals surface area contributed by atoms with Gasteiger partial charge in [-0.15, -0.1) is 0 Å². The molecular formula is C29H28BrNO2. The van der Waals surface area contributed by atoms with E-state index in [0.29, 0.717) is 11.1 Å². The first-order chi connectivity index (χ1) is 15.5. The molecule has 0 radical (unpaired) electrons. The molecule has 0 aliphatic carbocycles. The smallest absolute Gasteiger partial charge is 0.209 e. The van der Waals surface area contributed by atoms with Crippen molar-refractivity contribution in [3.63, 3.8) is 0 Å². The number of hydrogen-bond donors (Lipinski definition) is 1. The monoisotopic (exact) mass is 501 g/mol. The highest BCUT2D eigenvalue weighted by Crippen LogP contribution is 2.52. The van der Waals surface area contributed by atoms with E-state index >= 15 is 0 Å². The van der Waals surface area contributed by atoms with Crippen LogP contribution in [0.15, 0.2) is 71.2 Å². The van der Waals surface area contributed by atoms with Gasteiger partial charge in [0.05, 0.1) is 9.89 Å². The van der Waals surface area contributed by atoms with Crippen LogP contribution in [0.25, 0.3) is 6.08 Å². The average Bonchev–Trinajstić information content (AvgIpc) is 2.99. The lowest BCUT2D eigenvalue weighted by Gasteiger charge is -2.42. The molecule has 1 atom stereocenters. The first-order valence-electron chi connectivity index (χ1n) is 11.3. The summed E-state index contributed by atoms with van der Waals surface area (Å²) in [6.45, 7) is 11.0. The third-order valence-corrected chi connectivity index (χ3v) is 7.53. The van der Waals surface area contributed by atoms with Gasteiger partial charge in [-0.2, -0.15) is 0 Å². The van der Waals surface area contributed by atoms with Gasteiger partial charge in [-0.25, -0.2) is 0 Å². The molecule has 3 aromatic rings. The van der Waals surface area contributed by atoms with Gasteiger partial charge in [-0.1, -0.05) is 51.1 Å². The van der Waals surface area contributed by atoms with Crippen molar-refractivity contribution < 1.29 is 9.53 Å². The van der Waals surface area contributed by atoms with Crippen LogP contribution >= 0.6 is 15.9 Å². The van der Waals surface area contributed by atoms with Gasteiger partial charge in [-0.05, 0) is 88.8 Å². The molecule has 0 saturated carbocycles. The van der Waals surface area contributed by atoms with E-state index in [1.807, 2.05) is 48.5 Å². The summed E-state index contributed by atoms with van der Waals surface area (Å²) >= 11 is 3.75. The predicted molar refractivity (Wildman–Crippen MR) is 138 cm³/mol. The summed E-state index contributed by atoms with van der Waals surface area (Å²) in [4.78, 5) is 13.1. The molecule has 0 fully saturated rings. The standard InChI is InChI=1S/C29H28BrNO2/c1-27(2,3)21-15-20-13-14-29(33-26(20)23(30)17-21)28(4,5)22-16-19(11-12-24(22)31-29)25(32)18-9-7-6-8-10-18/h6-17,31H,1-5H3. The van der Waals surface area contributed by atoms with E-state index in [9.17, 15) is 4.79 Å². The summed E-state index contributed by atoms with van der Waals surface area (Å²) in [6.07, 6.45) is 4.27. The quantitative estimate of drug-likeness (QED) is 0.369. The Labute approximate surface area is 204 Å². The van der Waals surface area contributed by atoms with Crippen LogP contribution in [0.5, 0.6) is 5.75 Å². The van der Waals surface area contributed by atoms with E-state index in [1.54, 1.807) is 0 Å². The maximum Gasteiger partial charge on any atom is 0.209 e. The van der Waals surface area contributed by atoms with Crippen molar-refractivity contribution in [1.29, 1.82) is 0 Å². The molecule has 33 heavy (non-hydrogen) atoms. The van der Waals surface area contributed by atoms with Crippen molar-refractivity contribution in [1.82, 2.24) is 0 Å². The van der Waals surface area contributed by atoms with Gasteiger partial charge in [-0.3, -0.25) is 4.79 Å². The van der Waals surface area contributed by atoms with E-state index in [-0.39, 0.29) is 11.2 Å². The fourth-order valence-electron chi connectivity index (χ4n) is 4.71. The minimum Gasteiger partial charge on any atom is -0.462 e. The fourth-order valence-corrected chi connectivity index (χ4v) is 5.27. The van der Waals surface area contributed by atoms with Crippen LogP contribution in [0.2, 0.25) is 0 Å². The van der Waals surface area contributed by atoms with E-state index in [4.69, 9.17) is 4.74 Å². The Bertz CT molecular complexity index is 1300. The van der Waals surface area contributed by atoms with Crippen LogP contribution in [0.1, 0.15) is 67.2 Å². The molecule has 168 valence electrons. The number of carbonyl (C=O) groups excluding carboxylic acids is 1. The molecule has 0 aromatic heterocycles. The lowest BCUT2D eigenvalue weighted by molar-refractivity contribution is 0.0813. The summed E-state index contributed by atoms with van der Waals surface area (Å²) in [5, 5.41) is 3.62. The van der Waals surface area contributed by atoms with Gasteiger partial charge >= 0.3 is 0 Å². The Balaban J connectivity index is 1.54. The number of ether oxygens (including phenoxy) is 1. The zero-order valence-corrected chi connectivity index (χ0v) is 21.2. The van der Waals surface area contributed by atoms with Gasteiger partial charge in [0.2, 0.25) is 5.72 Å². The van der Waals surface area contributed by atoms with Crippen LogP contribution in [0.4, 0.5) is 5.69 Å². The van der Waals surface area contributed by atoms with E-state index in [2.05, 4.69) is 80.2 Å². The number of hydrogen-bond acceptors (Lipinski definition) is 3. The number of benzene rings is 3. The molecule has 0 saturated heterocycles. The first-order valence-corrected chi connectivity index (χ1v) is 12.1. The summed E-state index contributed by atoms with van der Waals surface area (Å²) in [5.74, 6) is 0.859. The van der Waals surface area contributed by atoms with E-state index in [1.165, 1.54) is 5.56 Å². The average molecular weight is 502 g/mol. The van der Waals surface area contributed by atoms with Gasteiger partial charge in [0.25, 0.3) is 0 Å². The van der Waals surface area contributed by atoms with Crippen LogP contribution in [-0.4, -0.2) is 11.5 Å². The number of halogens is 1. The molecule has 2 aliphatic heterocycles. The third-order valence-electron chi connectivity index (χ3n) is 6.94. The molecular weight excluding hydrogens is 474 g/mol. The van der Waals surface area contributed by atoms with Gasteiger partial charge < -0.3 is 10.1 Å². The number of nitrogens with one attached hydrogen (secondary N) is 1. The van der Waals surface area contributed by atoms with Crippen LogP contribution in [0, 0.1) is 0 Å². The molecule has 5 rings (SSSR count). The Kier molecular flexibility index (Phi) is 4.88. The summed E-state index contributed by atoms with van der Waals surface area (Å²) in [5.41, 5.74) is 4.63. The predicted octanol–water partition coefficient (Wildman–Crippen LogP) is 7.48. The zero-order chi connectivity index (χ0) is 23.6. The first kappa shape index (κ1) is 22.0. The number of carbonyl (C=O) groups is 1. The second kappa shape index (κ2) is 7.33. The maximum absolute atomic E-state index is 13.1. The van der Waals surface area contributed by atoms with E-state index < -0.39 is 11.1 Å². The van der Waals surface area contributed by atoms with Crippen molar-refractivity contribution in [2.45, 2.75) is 51.2 Å². The zero-order valence-electron chi connectivity index (χ0n) is 19.6. The molecule has 2 aliphatic rings. The van der Waals surface area contributed by atoms with Gasteiger partial charge in [0, 0.05) is 22.4 Å². The molecule has 0 amide bonds. The highest BCUT2D eigenvalue weighted by molar-refractivity contribution is 9.10. The van der Waals surface area contributed by atoms with Gasteiger partial charge in [0.1, 0.15) is 5.75 Å². The lowest BCUT2D eigenvalue weighted by atomic mass is 9.76. The van der Waals surface area contributed by atoms with Crippen LogP contribution in [-0.2, 0) is 10.8 Å². The van der Waals surface area contributed by atoms with E-state index in [0.717, 1.165) is 27.0 Å². The molecule has 1 spiro atoms. The molecule has 1 unspecified atom stereocenters. The number of fused-ring (bicyclic) bond motifs is 2. The van der Waals surface area contributed by atoms with Crippen molar-refractivity contribution in [3.05, 3.63) is 99.0 Å². The highest BCUT2D eigenvalue weighted by Gasteiger charge is 2.54. The number of ketones is 1. The van der Waals surface area contributed by atoms with Crippen molar-refractivity contribution in [2.24, 2.45) is 0 Å². The van der Waals surface area contributed by atoms with Gasteiger partial charge in [0.15, 0.2) is 5.78 Å². The Hall–Kier alpha value is -2.85. The Morgan fingerprint density at radius 2 is 1.70 bits per heavy atom. The summed E-state index contributed by atoms with van der Waals surface area (Å²) in [7, 11) is 0. The normalized spacial score (nSPS) is 20.1. The minimum atomic E-state index is -0.747. The Morgan fingerprint density at radius 3 is 2.39 bits per heavy atom. The molecule has 3 nitrogen and oxygen atoms in total. The lowest BCUT2D eigenvalue weighted by Crippen LogP contribution is -2.53. The van der Waals surface area contributed by atoms with Crippen LogP contribution < -0.4 is 10.1 Å². The largest absolute Gasteiger partial charge is 0.462 e. The van der Waals surface area contributed by atoms with Crippen molar-refractivity contribution >= 4 is 33.5 Å². The SMILES string of the molecule is CC(C)(C)c1cc(Br)c2c(c1)C=CC1(Nc3ccc(C(=O)c4ccccc4)cc3C1(C)C)O2. The molecule has 1 N–H and O–H groups in total. The maximum atomic E-state index is 13.1. The number of rotatable bonds is 2. The molecule has 0 bridgehead atoms. The second-order valence-corrected chi connectivity index (χ2v) is 11.4. The number of anilines is 1. The third kappa shape index (κ3) is 3.43. The summed E-state index contributed by atoms with van der Waals surface area (Å²) < 4.78 is 7.68. The second-order valence-electron chi connectivity index (χ2n) is 10.5. The minimum absolute atomic E-state index is 0.0260. The molecule has 3 aromatic carbocycles. The fraction of sp³-hybridized carbons (Fsp3) is 0.276. The van der Waals surface area contributed by atoms with Crippen molar-refractivity contribution in [3.8, 4) is 5.75 Å². The Morgan fingerprint density at radius 1 is 0.970 bits per heavy atom. The molecule has 4 heteroatoms.